The Balaban J connectivity index is 1.74. The van der Waals surface area contributed by atoms with Crippen LogP contribution in [0.15, 0.2) is 35.9 Å². The standard InChI is InChI=1S/C31H44O8/c1-6-26(38-30-19(4)11-17(2)12-20(30)5)31(37)39-27-15-23(33)13-21-8-7-18(3)25(29(21)27)10-9-22(32)14-24(34)16-28(35)36/h7-8,11-13,18,22-27,29,32-34H,6,9-10,14-16H2,1-5H3,(H,35,36). The van der Waals surface area contributed by atoms with Crippen molar-refractivity contribution >= 4 is 11.9 Å². The molecule has 0 aliphatic heterocycles. The van der Waals surface area contributed by atoms with Crippen molar-refractivity contribution < 1.29 is 39.5 Å². The molecule has 0 saturated carbocycles. The normalized spacial score (nSPS) is 26.7. The van der Waals surface area contributed by atoms with Gasteiger partial charge in [-0.1, -0.05) is 49.8 Å². The molecule has 1 aromatic rings. The van der Waals surface area contributed by atoms with Gasteiger partial charge in [0.2, 0.25) is 0 Å². The van der Waals surface area contributed by atoms with Crippen molar-refractivity contribution in [2.45, 2.75) is 104 Å². The highest BCUT2D eigenvalue weighted by molar-refractivity contribution is 5.75. The second-order valence-corrected chi connectivity index (χ2v) is 11.3. The van der Waals surface area contributed by atoms with Gasteiger partial charge in [-0.05, 0) is 75.0 Å². The zero-order chi connectivity index (χ0) is 28.9. The fourth-order valence-electron chi connectivity index (χ4n) is 6.11. The van der Waals surface area contributed by atoms with Crippen molar-refractivity contribution in [1.82, 2.24) is 0 Å². The van der Waals surface area contributed by atoms with E-state index in [0.717, 1.165) is 22.3 Å². The number of aliphatic hydroxyl groups excluding tert-OH is 3. The van der Waals surface area contributed by atoms with Gasteiger partial charge < -0.3 is 29.9 Å². The van der Waals surface area contributed by atoms with Crippen LogP contribution >= 0.6 is 0 Å². The van der Waals surface area contributed by atoms with Crippen molar-refractivity contribution in [1.29, 1.82) is 0 Å². The highest BCUT2D eigenvalue weighted by Gasteiger charge is 2.42. The number of carboxylic acid groups (broad SMARTS) is 1. The highest BCUT2D eigenvalue weighted by atomic mass is 16.6. The van der Waals surface area contributed by atoms with E-state index in [1.165, 1.54) is 0 Å². The molecule has 1 aromatic carbocycles. The Hall–Kier alpha value is -2.68. The molecule has 0 saturated heterocycles. The van der Waals surface area contributed by atoms with Gasteiger partial charge in [-0.25, -0.2) is 4.79 Å². The summed E-state index contributed by atoms with van der Waals surface area (Å²) >= 11 is 0. The molecule has 0 radical (unpaired) electrons. The molecular weight excluding hydrogens is 500 g/mol. The summed E-state index contributed by atoms with van der Waals surface area (Å²) in [7, 11) is 0. The van der Waals surface area contributed by atoms with E-state index in [2.05, 4.69) is 13.0 Å². The lowest BCUT2D eigenvalue weighted by Crippen LogP contribution is -2.44. The third kappa shape index (κ3) is 8.16. The molecule has 0 bridgehead atoms. The first-order valence-corrected chi connectivity index (χ1v) is 14.0. The van der Waals surface area contributed by atoms with E-state index in [1.54, 1.807) is 0 Å². The topological polar surface area (TPSA) is 134 Å². The lowest BCUT2D eigenvalue weighted by atomic mass is 9.66. The SMILES string of the molecule is CCC(Oc1c(C)cc(C)cc1C)C(=O)OC1CC(O)C=C2C=CC(C)C(CCC(O)CC(O)CC(=O)O)C21. The molecule has 8 atom stereocenters. The molecule has 39 heavy (non-hydrogen) atoms. The molecule has 0 heterocycles. The van der Waals surface area contributed by atoms with Gasteiger partial charge in [-0.15, -0.1) is 0 Å². The quantitative estimate of drug-likeness (QED) is 0.288. The zero-order valence-electron chi connectivity index (χ0n) is 23.7. The first kappa shape index (κ1) is 30.9. The maximum atomic E-state index is 13.4. The summed E-state index contributed by atoms with van der Waals surface area (Å²) < 4.78 is 12.3. The molecule has 3 rings (SSSR count). The van der Waals surface area contributed by atoms with Crippen molar-refractivity contribution in [3.05, 3.63) is 52.6 Å². The average molecular weight is 545 g/mol. The zero-order valence-corrected chi connectivity index (χ0v) is 23.7. The Kier molecular flexibility index (Phi) is 10.8. The summed E-state index contributed by atoms with van der Waals surface area (Å²) in [6.07, 6.45) is 3.06. The lowest BCUT2D eigenvalue weighted by molar-refractivity contribution is -0.163. The van der Waals surface area contributed by atoms with E-state index < -0.39 is 48.9 Å². The van der Waals surface area contributed by atoms with Crippen LogP contribution in [0.5, 0.6) is 5.75 Å². The van der Waals surface area contributed by atoms with Gasteiger partial charge in [0.25, 0.3) is 0 Å². The van der Waals surface area contributed by atoms with Crippen molar-refractivity contribution in [3.63, 3.8) is 0 Å². The van der Waals surface area contributed by atoms with Crippen LogP contribution in [0.2, 0.25) is 0 Å². The number of aryl methyl sites for hydroxylation is 3. The Morgan fingerprint density at radius 2 is 1.77 bits per heavy atom. The molecule has 8 heteroatoms. The highest BCUT2D eigenvalue weighted by Crippen LogP contribution is 2.44. The predicted octanol–water partition coefficient (Wildman–Crippen LogP) is 4.18. The summed E-state index contributed by atoms with van der Waals surface area (Å²) in [5.74, 6) is -0.888. The number of allylic oxidation sites excluding steroid dienone is 2. The molecule has 216 valence electrons. The third-order valence-electron chi connectivity index (χ3n) is 7.93. The first-order chi connectivity index (χ1) is 18.4. The number of hydrogen-bond acceptors (Lipinski definition) is 7. The van der Waals surface area contributed by atoms with E-state index in [4.69, 9.17) is 14.6 Å². The Labute approximate surface area is 231 Å². The van der Waals surface area contributed by atoms with Gasteiger partial charge in [0, 0.05) is 12.3 Å². The van der Waals surface area contributed by atoms with E-state index in [-0.39, 0.29) is 30.6 Å². The number of aliphatic hydroxyl groups is 3. The van der Waals surface area contributed by atoms with Crippen LogP contribution in [-0.2, 0) is 14.3 Å². The average Bonchev–Trinajstić information content (AvgIpc) is 2.82. The smallest absolute Gasteiger partial charge is 0.347 e. The number of benzene rings is 1. The van der Waals surface area contributed by atoms with Crippen LogP contribution in [0, 0.1) is 38.5 Å². The molecule has 0 aromatic heterocycles. The molecule has 0 fully saturated rings. The summed E-state index contributed by atoms with van der Waals surface area (Å²) in [5, 5.41) is 39.8. The number of carbonyl (C=O) groups is 2. The number of fused-ring (bicyclic) bond motifs is 1. The van der Waals surface area contributed by atoms with Gasteiger partial charge in [-0.2, -0.15) is 0 Å². The maximum Gasteiger partial charge on any atom is 0.347 e. The molecule has 4 N–H and O–H groups in total. The molecule has 0 spiro atoms. The number of ether oxygens (including phenoxy) is 2. The van der Waals surface area contributed by atoms with Crippen LogP contribution in [0.4, 0.5) is 0 Å². The van der Waals surface area contributed by atoms with Gasteiger partial charge in [-0.3, -0.25) is 4.79 Å². The first-order valence-electron chi connectivity index (χ1n) is 14.0. The number of esters is 1. The number of hydrogen-bond donors (Lipinski definition) is 4. The number of rotatable bonds is 12. The van der Waals surface area contributed by atoms with Crippen LogP contribution in [0.1, 0.15) is 69.1 Å². The van der Waals surface area contributed by atoms with Crippen LogP contribution in [0.25, 0.3) is 0 Å². The van der Waals surface area contributed by atoms with Crippen LogP contribution in [0.3, 0.4) is 0 Å². The monoisotopic (exact) mass is 544 g/mol. The molecule has 8 unspecified atom stereocenters. The Morgan fingerprint density at radius 1 is 1.10 bits per heavy atom. The third-order valence-corrected chi connectivity index (χ3v) is 7.93. The number of carbonyl (C=O) groups excluding carboxylic acids is 1. The Morgan fingerprint density at radius 3 is 2.38 bits per heavy atom. The molecule has 0 amide bonds. The van der Waals surface area contributed by atoms with Gasteiger partial charge >= 0.3 is 11.9 Å². The molecule has 2 aliphatic carbocycles. The predicted molar refractivity (Wildman–Crippen MR) is 147 cm³/mol. The van der Waals surface area contributed by atoms with Crippen LogP contribution in [-0.4, -0.2) is 62.9 Å². The lowest BCUT2D eigenvalue weighted by Gasteiger charge is -2.43. The Bertz CT molecular complexity index is 1050. The minimum absolute atomic E-state index is 0.0128. The largest absolute Gasteiger partial charge is 0.481 e. The molecular formula is C31H44O8. The van der Waals surface area contributed by atoms with Crippen molar-refractivity contribution in [2.24, 2.45) is 17.8 Å². The van der Waals surface area contributed by atoms with E-state index in [1.807, 2.05) is 52.0 Å². The summed E-state index contributed by atoms with van der Waals surface area (Å²) in [6, 6.07) is 4.04. The summed E-state index contributed by atoms with van der Waals surface area (Å²) in [6.45, 7) is 9.88. The number of aliphatic carboxylic acids is 1. The van der Waals surface area contributed by atoms with Gasteiger partial charge in [0.15, 0.2) is 6.10 Å². The number of carboxylic acids is 1. The van der Waals surface area contributed by atoms with Crippen LogP contribution < -0.4 is 4.74 Å². The summed E-state index contributed by atoms with van der Waals surface area (Å²) in [4.78, 5) is 24.2. The van der Waals surface area contributed by atoms with Gasteiger partial charge in [0.05, 0.1) is 24.7 Å². The minimum Gasteiger partial charge on any atom is -0.481 e. The van der Waals surface area contributed by atoms with Crippen molar-refractivity contribution in [2.75, 3.05) is 0 Å². The van der Waals surface area contributed by atoms with Crippen molar-refractivity contribution in [3.8, 4) is 5.75 Å². The van der Waals surface area contributed by atoms with E-state index in [9.17, 15) is 24.9 Å². The second kappa shape index (κ2) is 13.6. The minimum atomic E-state index is -1.11. The van der Waals surface area contributed by atoms with E-state index in [0.29, 0.717) is 25.0 Å². The van der Waals surface area contributed by atoms with E-state index >= 15 is 0 Å². The fraction of sp³-hybridized carbons (Fsp3) is 0.613. The summed E-state index contributed by atoms with van der Waals surface area (Å²) in [5.41, 5.74) is 3.94. The maximum absolute atomic E-state index is 13.4. The molecule has 8 nitrogen and oxygen atoms in total. The fourth-order valence-corrected chi connectivity index (χ4v) is 6.11. The molecule has 2 aliphatic rings. The second-order valence-electron chi connectivity index (χ2n) is 11.3. The van der Waals surface area contributed by atoms with Gasteiger partial charge in [0.1, 0.15) is 11.9 Å².